The third-order valence-corrected chi connectivity index (χ3v) is 3.40. The maximum absolute atomic E-state index is 13.5. The van der Waals surface area contributed by atoms with E-state index in [1.165, 1.54) is 11.6 Å². The van der Waals surface area contributed by atoms with Crippen LogP contribution in [0.3, 0.4) is 0 Å². The van der Waals surface area contributed by atoms with Crippen LogP contribution in [-0.4, -0.2) is 6.04 Å². The van der Waals surface area contributed by atoms with Gasteiger partial charge in [0, 0.05) is 6.04 Å². The number of hydrogen-bond acceptors (Lipinski definition) is 1. The first-order chi connectivity index (χ1) is 9.66. The largest absolute Gasteiger partial charge is 0.327 e. The highest BCUT2D eigenvalue weighted by Crippen LogP contribution is 2.15. The minimum Gasteiger partial charge on any atom is -0.327 e. The molecule has 106 valence electrons. The predicted octanol–water partition coefficient (Wildman–Crippen LogP) is 3.86. The van der Waals surface area contributed by atoms with Crippen molar-refractivity contribution in [2.75, 3.05) is 0 Å². The lowest BCUT2D eigenvalue weighted by molar-refractivity contribution is 0.487. The van der Waals surface area contributed by atoms with Gasteiger partial charge in [0.05, 0.1) is 0 Å². The smallest absolute Gasteiger partial charge is 0.162 e. The zero-order valence-electron chi connectivity index (χ0n) is 11.4. The number of aryl methyl sites for hydroxylation is 1. The molecule has 0 aliphatic rings. The lowest BCUT2D eigenvalue weighted by Crippen LogP contribution is -2.23. The van der Waals surface area contributed by atoms with E-state index in [9.17, 15) is 8.78 Å². The zero-order valence-corrected chi connectivity index (χ0v) is 11.4. The van der Waals surface area contributed by atoms with Gasteiger partial charge in [-0.1, -0.05) is 42.5 Å². The van der Waals surface area contributed by atoms with Crippen LogP contribution < -0.4 is 5.73 Å². The van der Waals surface area contributed by atoms with Gasteiger partial charge in [-0.2, -0.15) is 0 Å². The molecule has 2 aromatic rings. The minimum absolute atomic E-state index is 0.144. The number of nitrogens with two attached hydrogens (primary N) is 1. The summed E-state index contributed by atoms with van der Waals surface area (Å²) in [7, 11) is 0. The molecule has 0 amide bonds. The molecule has 2 aromatic carbocycles. The molecule has 0 aromatic heterocycles. The van der Waals surface area contributed by atoms with E-state index in [-0.39, 0.29) is 6.04 Å². The van der Waals surface area contributed by atoms with Gasteiger partial charge in [-0.25, -0.2) is 8.78 Å². The second-order valence-corrected chi connectivity index (χ2v) is 5.05. The van der Waals surface area contributed by atoms with Crippen molar-refractivity contribution in [2.24, 2.45) is 5.73 Å². The van der Waals surface area contributed by atoms with Crippen molar-refractivity contribution in [3.63, 3.8) is 0 Å². The normalized spacial score (nSPS) is 12.3. The van der Waals surface area contributed by atoms with E-state index in [2.05, 4.69) is 12.1 Å². The summed E-state index contributed by atoms with van der Waals surface area (Å²) < 4.78 is 26.6. The predicted molar refractivity (Wildman–Crippen MR) is 77.4 cm³/mol. The third kappa shape index (κ3) is 4.14. The number of hydrogen-bond donors (Lipinski definition) is 1. The van der Waals surface area contributed by atoms with Crippen molar-refractivity contribution in [1.29, 1.82) is 0 Å². The van der Waals surface area contributed by atoms with Crippen LogP contribution in [0.25, 0.3) is 0 Å². The summed E-state index contributed by atoms with van der Waals surface area (Å²) in [4.78, 5) is 0. The summed E-state index contributed by atoms with van der Waals surface area (Å²) in [5, 5.41) is 0. The van der Waals surface area contributed by atoms with Gasteiger partial charge in [-0.3, -0.25) is 0 Å². The van der Waals surface area contributed by atoms with E-state index in [0.29, 0.717) is 12.0 Å². The van der Waals surface area contributed by atoms with E-state index in [4.69, 9.17) is 5.73 Å². The Kier molecular flexibility index (Phi) is 5.24. The molecule has 0 aliphatic carbocycles. The first kappa shape index (κ1) is 14.7. The minimum atomic E-state index is -0.806. The van der Waals surface area contributed by atoms with E-state index in [1.54, 1.807) is 6.07 Å². The molecule has 1 unspecified atom stereocenters. The maximum atomic E-state index is 13.5. The van der Waals surface area contributed by atoms with Crippen molar-refractivity contribution < 1.29 is 8.78 Å². The molecule has 0 spiro atoms. The van der Waals surface area contributed by atoms with Crippen LogP contribution in [0.5, 0.6) is 0 Å². The fraction of sp³-hybridized carbons (Fsp3) is 0.294. The molecule has 3 heteroatoms. The first-order valence-corrected chi connectivity index (χ1v) is 6.89. The molecule has 20 heavy (non-hydrogen) atoms. The summed E-state index contributed by atoms with van der Waals surface area (Å²) in [6.07, 6.45) is 3.07. The van der Waals surface area contributed by atoms with E-state index < -0.39 is 11.6 Å². The van der Waals surface area contributed by atoms with Gasteiger partial charge < -0.3 is 5.73 Å². The van der Waals surface area contributed by atoms with E-state index in [1.807, 2.05) is 18.2 Å². The Bertz CT molecular complexity index is 540. The Morgan fingerprint density at radius 1 is 0.950 bits per heavy atom. The van der Waals surface area contributed by atoms with Crippen LogP contribution in [-0.2, 0) is 12.8 Å². The standard InChI is InChI=1S/C17H19F2N/c18-16-11-5-9-14(17(16)19)12-15(20)10-4-8-13-6-2-1-3-7-13/h1-3,5-7,9,11,15H,4,8,10,12,20H2. The maximum Gasteiger partial charge on any atom is 0.162 e. The lowest BCUT2D eigenvalue weighted by Gasteiger charge is -2.12. The van der Waals surface area contributed by atoms with Crippen molar-refractivity contribution in [1.82, 2.24) is 0 Å². The second-order valence-electron chi connectivity index (χ2n) is 5.05. The fourth-order valence-electron chi connectivity index (χ4n) is 2.30. The van der Waals surface area contributed by atoms with Gasteiger partial charge in [-0.05, 0) is 42.9 Å². The summed E-state index contributed by atoms with van der Waals surface area (Å²) in [5.41, 5.74) is 7.63. The Hall–Kier alpha value is -1.74. The van der Waals surface area contributed by atoms with Gasteiger partial charge in [0.25, 0.3) is 0 Å². The summed E-state index contributed by atoms with van der Waals surface area (Å²) in [6.45, 7) is 0. The van der Waals surface area contributed by atoms with Crippen LogP contribution in [0, 0.1) is 11.6 Å². The average molecular weight is 275 g/mol. The molecule has 1 nitrogen and oxygen atoms in total. The molecule has 2 rings (SSSR count). The number of benzene rings is 2. The van der Waals surface area contributed by atoms with Crippen LogP contribution in [0.2, 0.25) is 0 Å². The van der Waals surface area contributed by atoms with E-state index in [0.717, 1.165) is 25.3 Å². The van der Waals surface area contributed by atoms with Gasteiger partial charge in [0.1, 0.15) is 0 Å². The lowest BCUT2D eigenvalue weighted by atomic mass is 9.99. The van der Waals surface area contributed by atoms with Crippen LogP contribution >= 0.6 is 0 Å². The number of halogens is 2. The molecule has 0 radical (unpaired) electrons. The zero-order chi connectivity index (χ0) is 14.4. The highest BCUT2D eigenvalue weighted by atomic mass is 19.2. The summed E-state index contributed by atoms with van der Waals surface area (Å²) >= 11 is 0. The fourth-order valence-corrected chi connectivity index (χ4v) is 2.30. The Labute approximate surface area is 118 Å². The monoisotopic (exact) mass is 275 g/mol. The molecule has 0 heterocycles. The highest BCUT2D eigenvalue weighted by Gasteiger charge is 2.11. The van der Waals surface area contributed by atoms with Crippen LogP contribution in [0.4, 0.5) is 8.78 Å². The van der Waals surface area contributed by atoms with Gasteiger partial charge in [-0.15, -0.1) is 0 Å². The molecular weight excluding hydrogens is 256 g/mol. The Balaban J connectivity index is 1.81. The van der Waals surface area contributed by atoms with Crippen molar-refractivity contribution in [2.45, 2.75) is 31.7 Å². The topological polar surface area (TPSA) is 26.0 Å². The molecule has 0 aliphatic heterocycles. The van der Waals surface area contributed by atoms with Crippen LogP contribution in [0.1, 0.15) is 24.0 Å². The van der Waals surface area contributed by atoms with Crippen molar-refractivity contribution in [3.8, 4) is 0 Å². The highest BCUT2D eigenvalue weighted by molar-refractivity contribution is 5.20. The molecule has 0 bridgehead atoms. The van der Waals surface area contributed by atoms with Gasteiger partial charge in [0.2, 0.25) is 0 Å². The third-order valence-electron chi connectivity index (χ3n) is 3.40. The SMILES string of the molecule is NC(CCCc1ccccc1)Cc1cccc(F)c1F. The molecular formula is C17H19F2N. The Morgan fingerprint density at radius 2 is 1.70 bits per heavy atom. The van der Waals surface area contributed by atoms with Gasteiger partial charge >= 0.3 is 0 Å². The summed E-state index contributed by atoms with van der Waals surface area (Å²) in [6, 6.07) is 14.3. The Morgan fingerprint density at radius 3 is 2.45 bits per heavy atom. The quantitative estimate of drug-likeness (QED) is 0.851. The molecule has 2 N–H and O–H groups in total. The second kappa shape index (κ2) is 7.15. The van der Waals surface area contributed by atoms with Gasteiger partial charge in [0.15, 0.2) is 11.6 Å². The van der Waals surface area contributed by atoms with E-state index >= 15 is 0 Å². The summed E-state index contributed by atoms with van der Waals surface area (Å²) in [5.74, 6) is -1.58. The number of rotatable bonds is 6. The van der Waals surface area contributed by atoms with Crippen molar-refractivity contribution >= 4 is 0 Å². The average Bonchev–Trinajstić information content (AvgIpc) is 2.45. The van der Waals surface area contributed by atoms with Crippen LogP contribution in [0.15, 0.2) is 48.5 Å². The first-order valence-electron chi connectivity index (χ1n) is 6.89. The van der Waals surface area contributed by atoms with Crippen molar-refractivity contribution in [3.05, 3.63) is 71.3 Å². The molecule has 1 atom stereocenters. The molecule has 0 saturated heterocycles. The molecule has 0 saturated carbocycles. The molecule has 0 fully saturated rings.